The quantitative estimate of drug-likeness (QED) is 0.256. The fraction of sp³-hybridized carbons (Fsp3) is 0.385. The highest BCUT2D eigenvalue weighted by Crippen LogP contribution is 2.33. The number of aryl methyl sites for hydroxylation is 1. The van der Waals surface area contributed by atoms with Gasteiger partial charge in [-0.3, -0.25) is 4.90 Å². The van der Waals surface area contributed by atoms with Crippen LogP contribution in [-0.4, -0.2) is 44.7 Å². The molecule has 0 spiro atoms. The Balaban J connectivity index is 1.21. The Morgan fingerprint density at radius 1 is 1.19 bits per heavy atom. The number of benzene rings is 1. The Kier molecular flexibility index (Phi) is 7.11. The summed E-state index contributed by atoms with van der Waals surface area (Å²) < 4.78 is 41.7. The molecule has 0 saturated carbocycles. The van der Waals surface area contributed by atoms with E-state index >= 15 is 0 Å². The third-order valence-electron chi connectivity index (χ3n) is 6.59. The first-order chi connectivity index (χ1) is 17.1. The number of aromatic nitrogens is 3. The van der Waals surface area contributed by atoms with Crippen molar-refractivity contribution >= 4 is 54.2 Å². The Labute approximate surface area is 220 Å². The van der Waals surface area contributed by atoms with Crippen molar-refractivity contribution in [2.24, 2.45) is 0 Å². The molecule has 0 radical (unpaired) electrons. The van der Waals surface area contributed by atoms with Crippen LogP contribution in [0.5, 0.6) is 0 Å². The Hall–Kier alpha value is -2.43. The van der Waals surface area contributed by atoms with Gasteiger partial charge in [0.1, 0.15) is 17.0 Å². The number of nitrogens with one attached hydrogen (secondary N) is 1. The largest absolute Gasteiger partial charge is 0.393 e. The third-order valence-corrected chi connectivity index (χ3v) is 7.89. The van der Waals surface area contributed by atoms with Gasteiger partial charge in [-0.1, -0.05) is 28.6 Å². The Bertz CT molecular complexity index is 1400. The van der Waals surface area contributed by atoms with Crippen LogP contribution in [0.15, 0.2) is 47.7 Å². The molecule has 190 valence electrons. The molecule has 36 heavy (non-hydrogen) atoms. The molecule has 0 aliphatic carbocycles. The number of fused-ring (bicyclic) bond motifs is 2. The lowest BCUT2D eigenvalue weighted by atomic mass is 10.0. The minimum atomic E-state index is -4.23. The number of allylic oxidation sites excluding steroid dienone is 1. The van der Waals surface area contributed by atoms with Crippen molar-refractivity contribution in [1.29, 1.82) is 0 Å². The van der Waals surface area contributed by atoms with E-state index < -0.39 is 12.6 Å². The number of piperidine rings is 1. The summed E-state index contributed by atoms with van der Waals surface area (Å²) in [4.78, 5) is 11.8. The number of hydrogen-bond acceptors (Lipinski definition) is 5. The van der Waals surface area contributed by atoms with Gasteiger partial charge >= 0.3 is 6.18 Å². The van der Waals surface area contributed by atoms with E-state index in [4.69, 9.17) is 0 Å². The fourth-order valence-electron chi connectivity index (χ4n) is 4.93. The van der Waals surface area contributed by atoms with Crippen LogP contribution >= 0.6 is 27.3 Å². The minimum Gasteiger partial charge on any atom is -0.367 e. The molecule has 5 nitrogen and oxygen atoms in total. The fourth-order valence-corrected chi connectivity index (χ4v) is 6.21. The second-order valence-electron chi connectivity index (χ2n) is 9.42. The van der Waals surface area contributed by atoms with Crippen LogP contribution < -0.4 is 5.32 Å². The maximum Gasteiger partial charge on any atom is 0.393 e. The second kappa shape index (κ2) is 10.1. The van der Waals surface area contributed by atoms with Gasteiger partial charge in [-0.15, -0.1) is 11.3 Å². The highest BCUT2D eigenvalue weighted by molar-refractivity contribution is 9.11. The molecule has 0 atom stereocenters. The molecule has 4 aromatic rings. The van der Waals surface area contributed by atoms with Gasteiger partial charge in [-0.25, -0.2) is 9.97 Å². The average Bonchev–Trinajstić information content (AvgIpc) is 3.34. The van der Waals surface area contributed by atoms with E-state index in [1.165, 1.54) is 28.5 Å². The lowest BCUT2D eigenvalue weighted by Crippen LogP contribution is -2.38. The van der Waals surface area contributed by atoms with E-state index in [-0.39, 0.29) is 10.9 Å². The zero-order valence-corrected chi connectivity index (χ0v) is 22.3. The van der Waals surface area contributed by atoms with E-state index in [1.54, 1.807) is 6.07 Å². The SMILES string of the molecule is C=C(Br)Cn1c(C)cc2cc(CN3CCC(Nc4ncnc5sc(CC(F)(F)F)cc45)CC3)ccc21. The molecule has 3 aromatic heterocycles. The Morgan fingerprint density at radius 2 is 1.97 bits per heavy atom. The predicted molar refractivity (Wildman–Crippen MR) is 144 cm³/mol. The van der Waals surface area contributed by atoms with Crippen LogP contribution in [0, 0.1) is 6.92 Å². The number of likely N-dealkylation sites (tertiary alicyclic amines) is 1. The summed E-state index contributed by atoms with van der Waals surface area (Å²) in [6.07, 6.45) is -1.86. The molecule has 1 aromatic carbocycles. The summed E-state index contributed by atoms with van der Waals surface area (Å²) in [5.41, 5.74) is 3.71. The zero-order chi connectivity index (χ0) is 25.4. The van der Waals surface area contributed by atoms with Crippen molar-refractivity contribution in [3.63, 3.8) is 0 Å². The summed E-state index contributed by atoms with van der Waals surface area (Å²) in [7, 11) is 0. The minimum absolute atomic E-state index is 0.224. The van der Waals surface area contributed by atoms with Gasteiger partial charge < -0.3 is 9.88 Å². The number of halogens is 4. The van der Waals surface area contributed by atoms with E-state index in [1.807, 2.05) is 0 Å². The maximum atomic E-state index is 12.8. The van der Waals surface area contributed by atoms with E-state index in [0.29, 0.717) is 16.0 Å². The molecule has 1 N–H and O–H groups in total. The Morgan fingerprint density at radius 3 is 2.69 bits per heavy atom. The first-order valence-electron chi connectivity index (χ1n) is 11.9. The number of anilines is 1. The molecule has 10 heteroatoms. The smallest absolute Gasteiger partial charge is 0.367 e. The molecule has 0 bridgehead atoms. The monoisotopic (exact) mass is 577 g/mol. The molecular weight excluding hydrogens is 551 g/mol. The summed E-state index contributed by atoms with van der Waals surface area (Å²) in [6.45, 7) is 9.61. The van der Waals surface area contributed by atoms with E-state index in [0.717, 1.165) is 54.8 Å². The van der Waals surface area contributed by atoms with Crippen molar-refractivity contribution in [3.05, 3.63) is 63.9 Å². The lowest BCUT2D eigenvalue weighted by Gasteiger charge is -2.32. The highest BCUT2D eigenvalue weighted by Gasteiger charge is 2.29. The standard InChI is InChI=1S/C26H27BrF3N5S/c1-16(27)13-35-17(2)9-19-10-18(3-4-23(19)35)14-34-7-5-20(6-8-34)33-24-22-11-21(12-26(28,29)30)36-25(22)32-15-31-24/h3-4,9-11,15,20H,1,5-8,12-14H2,2H3,(H,31,32,33). The summed E-state index contributed by atoms with van der Waals surface area (Å²) in [5, 5.41) is 5.38. The number of hydrogen-bond donors (Lipinski definition) is 1. The molecule has 0 amide bonds. The predicted octanol–water partition coefficient (Wildman–Crippen LogP) is 7.04. The number of alkyl halides is 3. The first-order valence-corrected chi connectivity index (χ1v) is 13.5. The molecule has 1 saturated heterocycles. The first kappa shape index (κ1) is 25.2. The number of rotatable bonds is 7. The summed E-state index contributed by atoms with van der Waals surface area (Å²) in [6, 6.07) is 10.7. The lowest BCUT2D eigenvalue weighted by molar-refractivity contribution is -0.126. The van der Waals surface area contributed by atoms with Crippen LogP contribution in [0.1, 0.15) is 29.0 Å². The number of thiophene rings is 1. The molecule has 1 fully saturated rings. The van der Waals surface area contributed by atoms with Crippen LogP contribution in [0.3, 0.4) is 0 Å². The van der Waals surface area contributed by atoms with Crippen LogP contribution in [0.4, 0.5) is 19.0 Å². The van der Waals surface area contributed by atoms with Crippen molar-refractivity contribution in [2.75, 3.05) is 18.4 Å². The van der Waals surface area contributed by atoms with Crippen molar-refractivity contribution in [1.82, 2.24) is 19.4 Å². The topological polar surface area (TPSA) is 46.0 Å². The van der Waals surface area contributed by atoms with Gasteiger partial charge in [0.05, 0.1) is 18.4 Å². The van der Waals surface area contributed by atoms with Crippen LogP contribution in [0.25, 0.3) is 21.1 Å². The molecule has 1 aliphatic rings. The van der Waals surface area contributed by atoms with Crippen LogP contribution in [-0.2, 0) is 19.5 Å². The van der Waals surface area contributed by atoms with Gasteiger partial charge in [-0.2, -0.15) is 13.2 Å². The second-order valence-corrected chi connectivity index (χ2v) is 11.7. The van der Waals surface area contributed by atoms with Gasteiger partial charge in [0.25, 0.3) is 0 Å². The van der Waals surface area contributed by atoms with Crippen LogP contribution in [0.2, 0.25) is 0 Å². The number of nitrogens with zero attached hydrogens (tertiary/aromatic N) is 4. The average molecular weight is 579 g/mol. The molecule has 0 unspecified atom stereocenters. The molecule has 4 heterocycles. The molecular formula is C26H27BrF3N5S. The third kappa shape index (κ3) is 5.76. The summed E-state index contributed by atoms with van der Waals surface area (Å²) >= 11 is 4.55. The van der Waals surface area contributed by atoms with Gasteiger partial charge in [0.15, 0.2) is 0 Å². The molecule has 1 aliphatic heterocycles. The maximum absolute atomic E-state index is 12.8. The molecule has 5 rings (SSSR count). The normalized spacial score (nSPS) is 15.7. The van der Waals surface area contributed by atoms with Crippen molar-refractivity contribution in [2.45, 2.75) is 51.5 Å². The van der Waals surface area contributed by atoms with Crippen molar-refractivity contribution in [3.8, 4) is 0 Å². The summed E-state index contributed by atoms with van der Waals surface area (Å²) in [5.74, 6) is 0.625. The van der Waals surface area contributed by atoms with Gasteiger partial charge in [0, 0.05) is 51.6 Å². The van der Waals surface area contributed by atoms with E-state index in [2.05, 4.69) is 78.4 Å². The van der Waals surface area contributed by atoms with Gasteiger partial charge in [-0.05, 0) is 49.6 Å². The van der Waals surface area contributed by atoms with Gasteiger partial charge in [0.2, 0.25) is 0 Å². The zero-order valence-electron chi connectivity index (χ0n) is 19.9. The highest BCUT2D eigenvalue weighted by atomic mass is 79.9. The van der Waals surface area contributed by atoms with Crippen molar-refractivity contribution < 1.29 is 13.2 Å². The van der Waals surface area contributed by atoms with E-state index in [9.17, 15) is 13.2 Å².